The van der Waals surface area contributed by atoms with E-state index in [4.69, 9.17) is 9.47 Å². The van der Waals surface area contributed by atoms with E-state index < -0.39 is 21.7 Å². The largest absolute Gasteiger partial charge is 0.493 e. The Bertz CT molecular complexity index is 1400. The molecule has 37 heavy (non-hydrogen) atoms. The van der Waals surface area contributed by atoms with Gasteiger partial charge in [-0.1, -0.05) is 32.8 Å². The lowest BCUT2D eigenvalue weighted by Crippen LogP contribution is -2.31. The molecule has 1 fully saturated rings. The fourth-order valence-corrected chi connectivity index (χ4v) is 4.55. The zero-order chi connectivity index (χ0) is 26.6. The molecule has 1 saturated carbocycles. The molecule has 0 unspecified atom stereocenters. The summed E-state index contributed by atoms with van der Waals surface area (Å²) >= 11 is 0. The van der Waals surface area contributed by atoms with Crippen molar-refractivity contribution in [3.05, 3.63) is 65.6 Å². The van der Waals surface area contributed by atoms with Crippen LogP contribution < -0.4 is 14.2 Å². The van der Waals surface area contributed by atoms with Crippen molar-refractivity contribution in [1.29, 1.82) is 0 Å². The maximum absolute atomic E-state index is 14.3. The van der Waals surface area contributed by atoms with Crippen LogP contribution in [0.15, 0.2) is 53.6 Å². The Morgan fingerprint density at radius 2 is 1.92 bits per heavy atom. The summed E-state index contributed by atoms with van der Waals surface area (Å²) in [5.74, 6) is -0.216. The first kappa shape index (κ1) is 26.5. The van der Waals surface area contributed by atoms with E-state index in [1.807, 2.05) is 18.6 Å². The molecule has 0 bridgehead atoms. The minimum Gasteiger partial charge on any atom is -0.493 e. The molecule has 3 aromatic rings. The first-order valence-corrected chi connectivity index (χ1v) is 13.7. The van der Waals surface area contributed by atoms with Crippen molar-refractivity contribution < 1.29 is 29.9 Å². The Labute approximate surface area is 219 Å². The lowest BCUT2D eigenvalue weighted by atomic mass is 10.1. The number of carbonyl (C=O) groups is 1. The van der Waals surface area contributed by atoms with Crippen LogP contribution in [0.5, 0.6) is 11.6 Å². The van der Waals surface area contributed by atoms with Crippen molar-refractivity contribution in [1.82, 2.24) is 14.7 Å². The van der Waals surface area contributed by atoms with Crippen molar-refractivity contribution in [2.75, 3.05) is 13.2 Å². The van der Waals surface area contributed by atoms with Crippen molar-refractivity contribution in [3.8, 4) is 22.9 Å². The third-order valence-electron chi connectivity index (χ3n) is 5.68. The van der Waals surface area contributed by atoms with Gasteiger partial charge in [0.1, 0.15) is 17.1 Å². The molecular formula is C27H34FN3O5S. The standard InChI is InChI=1S/C27H30FN3O5S.2H2/c1-17(2)16-36-22-14-20(13-21(28)15-22)24-10-9-23(27(30-24)35-12-11-19-7-8-19)26(32)31-37(33,34)25-6-4-5-18(3)29-25;;/h4-6,9-10,13-15,17,19H,7-8,11-12,16H2,1-3H3,(H,31,32);2*1H. The molecule has 1 aliphatic rings. The van der Waals surface area contributed by atoms with E-state index in [0.717, 1.165) is 19.3 Å². The molecular weight excluding hydrogens is 497 g/mol. The summed E-state index contributed by atoms with van der Waals surface area (Å²) in [7, 11) is -4.22. The smallest absolute Gasteiger partial charge is 0.281 e. The van der Waals surface area contributed by atoms with Gasteiger partial charge < -0.3 is 9.47 Å². The molecule has 8 nitrogen and oxygen atoms in total. The number of ether oxygens (including phenoxy) is 2. The number of sulfonamides is 1. The minimum atomic E-state index is -4.22. The Balaban J connectivity index is 0.00000267. The van der Waals surface area contributed by atoms with Crippen molar-refractivity contribution in [3.63, 3.8) is 0 Å². The SMILES string of the molecule is Cc1cccc(S(=O)(=O)NC(=O)c2ccc(-c3cc(F)cc(OCC(C)C)c3)nc2OCCC2CC2)n1.[HH].[HH]. The van der Waals surface area contributed by atoms with Crippen LogP contribution in [0.4, 0.5) is 4.39 Å². The third kappa shape index (κ3) is 7.25. The summed E-state index contributed by atoms with van der Waals surface area (Å²) in [6, 6.07) is 11.7. The van der Waals surface area contributed by atoms with Crippen LogP contribution in [-0.4, -0.2) is 37.5 Å². The van der Waals surface area contributed by atoms with Gasteiger partial charge in [-0.3, -0.25) is 4.79 Å². The quantitative estimate of drug-likeness (QED) is 0.352. The molecule has 2 heterocycles. The van der Waals surface area contributed by atoms with Gasteiger partial charge in [0.05, 0.1) is 18.9 Å². The first-order valence-electron chi connectivity index (χ1n) is 12.2. The first-order chi connectivity index (χ1) is 17.6. The zero-order valence-corrected chi connectivity index (χ0v) is 21.8. The van der Waals surface area contributed by atoms with E-state index >= 15 is 0 Å². The number of rotatable bonds is 11. The molecule has 0 saturated heterocycles. The van der Waals surface area contributed by atoms with Gasteiger partial charge in [-0.25, -0.2) is 19.1 Å². The number of nitrogens with zero attached hydrogens (tertiary/aromatic N) is 2. The van der Waals surface area contributed by atoms with Gasteiger partial charge in [0.15, 0.2) is 5.03 Å². The van der Waals surface area contributed by atoms with Gasteiger partial charge in [0, 0.05) is 20.2 Å². The maximum atomic E-state index is 14.3. The van der Waals surface area contributed by atoms with Gasteiger partial charge in [0.2, 0.25) is 5.88 Å². The predicted molar refractivity (Wildman–Crippen MR) is 141 cm³/mol. The van der Waals surface area contributed by atoms with Gasteiger partial charge >= 0.3 is 0 Å². The highest BCUT2D eigenvalue weighted by atomic mass is 32.2. The van der Waals surface area contributed by atoms with Gasteiger partial charge in [0.25, 0.3) is 15.9 Å². The van der Waals surface area contributed by atoms with Gasteiger partial charge in [-0.05, 0) is 61.6 Å². The summed E-state index contributed by atoms with van der Waals surface area (Å²) in [6.07, 6.45) is 3.06. The Hall–Kier alpha value is -3.53. The number of hydrogen-bond donors (Lipinski definition) is 1. The van der Waals surface area contributed by atoms with Crippen LogP contribution in [0.25, 0.3) is 11.3 Å². The number of hydrogen-bond acceptors (Lipinski definition) is 7. The number of carbonyl (C=O) groups excluding carboxylic acids is 1. The van der Waals surface area contributed by atoms with Crippen LogP contribution in [0.1, 0.15) is 52.0 Å². The molecule has 1 N–H and O–H groups in total. The molecule has 200 valence electrons. The van der Waals surface area contributed by atoms with Gasteiger partial charge in [-0.2, -0.15) is 8.42 Å². The molecule has 0 radical (unpaired) electrons. The molecule has 0 atom stereocenters. The average Bonchev–Trinajstić information content (AvgIpc) is 3.66. The number of aryl methyl sites for hydroxylation is 1. The Morgan fingerprint density at radius 3 is 2.62 bits per heavy atom. The number of halogens is 1. The normalized spacial score (nSPS) is 13.4. The Kier molecular flexibility index (Phi) is 8.06. The van der Waals surface area contributed by atoms with E-state index in [-0.39, 0.29) is 25.2 Å². The van der Waals surface area contributed by atoms with E-state index in [2.05, 4.69) is 9.97 Å². The van der Waals surface area contributed by atoms with Crippen molar-refractivity contribution >= 4 is 15.9 Å². The zero-order valence-electron chi connectivity index (χ0n) is 21.0. The highest BCUT2D eigenvalue weighted by Crippen LogP contribution is 2.33. The van der Waals surface area contributed by atoms with E-state index in [9.17, 15) is 17.6 Å². The highest BCUT2D eigenvalue weighted by molar-refractivity contribution is 7.90. The molecule has 0 aliphatic heterocycles. The molecule has 1 amide bonds. The summed E-state index contributed by atoms with van der Waals surface area (Å²) in [5, 5.41) is -0.268. The number of amides is 1. The monoisotopic (exact) mass is 531 g/mol. The summed E-state index contributed by atoms with van der Waals surface area (Å²) < 4.78 is 53.4. The number of aromatic nitrogens is 2. The topological polar surface area (TPSA) is 107 Å². The lowest BCUT2D eigenvalue weighted by molar-refractivity contribution is 0.0976. The average molecular weight is 532 g/mol. The number of benzene rings is 1. The lowest BCUT2D eigenvalue weighted by Gasteiger charge is -2.14. The van der Waals surface area contributed by atoms with Crippen molar-refractivity contribution in [2.24, 2.45) is 11.8 Å². The summed E-state index contributed by atoms with van der Waals surface area (Å²) in [5.41, 5.74) is 1.24. The molecule has 1 aromatic carbocycles. The minimum absolute atomic E-state index is 0. The van der Waals surface area contributed by atoms with E-state index in [1.165, 1.54) is 30.3 Å². The van der Waals surface area contributed by atoms with Crippen LogP contribution in [-0.2, 0) is 10.0 Å². The van der Waals surface area contributed by atoms with Crippen molar-refractivity contribution in [2.45, 2.75) is 45.1 Å². The van der Waals surface area contributed by atoms with Crippen LogP contribution >= 0.6 is 0 Å². The summed E-state index contributed by atoms with van der Waals surface area (Å²) in [6.45, 7) is 6.38. The molecule has 0 spiro atoms. The van der Waals surface area contributed by atoms with Crippen LogP contribution in [0.3, 0.4) is 0 Å². The second-order valence-corrected chi connectivity index (χ2v) is 11.2. The molecule has 10 heteroatoms. The molecule has 1 aliphatic carbocycles. The fraction of sp³-hybridized carbons (Fsp3) is 0.370. The van der Waals surface area contributed by atoms with E-state index in [1.54, 1.807) is 25.1 Å². The fourth-order valence-electron chi connectivity index (χ4n) is 3.57. The highest BCUT2D eigenvalue weighted by Gasteiger charge is 2.25. The second-order valence-electron chi connectivity index (χ2n) is 9.56. The number of pyridine rings is 2. The Morgan fingerprint density at radius 1 is 1.14 bits per heavy atom. The second kappa shape index (κ2) is 11.2. The molecule has 4 rings (SSSR count). The van der Waals surface area contributed by atoms with Crippen LogP contribution in [0.2, 0.25) is 0 Å². The van der Waals surface area contributed by atoms with E-state index in [0.29, 0.717) is 41.8 Å². The molecule has 2 aromatic heterocycles. The third-order valence-corrected chi connectivity index (χ3v) is 6.91. The maximum Gasteiger partial charge on any atom is 0.281 e. The van der Waals surface area contributed by atoms with Gasteiger partial charge in [-0.15, -0.1) is 0 Å². The number of nitrogens with one attached hydrogen (secondary N) is 1. The summed E-state index contributed by atoms with van der Waals surface area (Å²) in [4.78, 5) is 21.5. The predicted octanol–water partition coefficient (Wildman–Crippen LogP) is 5.42. The van der Waals surface area contributed by atoms with Crippen LogP contribution in [0, 0.1) is 24.6 Å².